The predicted molar refractivity (Wildman–Crippen MR) is 75.1 cm³/mol. The van der Waals surface area contributed by atoms with Crippen molar-refractivity contribution in [2.45, 2.75) is 6.10 Å². The molecular weight excluding hydrogens is 254 g/mol. The summed E-state index contributed by atoms with van der Waals surface area (Å²) < 4.78 is 5.19. The lowest BCUT2D eigenvalue weighted by molar-refractivity contribution is -0.145. The minimum Gasteiger partial charge on any atom is -0.448 e. The van der Waals surface area contributed by atoms with Gasteiger partial charge in [0.2, 0.25) is 5.78 Å². The second-order valence-electron chi connectivity index (χ2n) is 4.21. The van der Waals surface area contributed by atoms with E-state index in [0.717, 1.165) is 0 Å². The largest absolute Gasteiger partial charge is 0.448 e. The summed E-state index contributed by atoms with van der Waals surface area (Å²) in [6.07, 6.45) is -0.963. The van der Waals surface area contributed by atoms with Crippen molar-refractivity contribution in [2.75, 3.05) is 6.54 Å². The van der Waals surface area contributed by atoms with Crippen LogP contribution < -0.4 is 5.73 Å². The molecule has 4 nitrogen and oxygen atoms in total. The van der Waals surface area contributed by atoms with Crippen LogP contribution in [-0.4, -0.2) is 18.3 Å². The van der Waals surface area contributed by atoms with Crippen molar-refractivity contribution in [3.05, 3.63) is 71.8 Å². The Labute approximate surface area is 117 Å². The zero-order chi connectivity index (χ0) is 14.4. The highest BCUT2D eigenvalue weighted by atomic mass is 16.5. The van der Waals surface area contributed by atoms with Crippen LogP contribution in [0.4, 0.5) is 0 Å². The summed E-state index contributed by atoms with van der Waals surface area (Å²) in [5.41, 5.74) is 6.37. The predicted octanol–water partition coefficient (Wildman–Crippen LogP) is 2.11. The fraction of sp³-hybridized carbons (Fsp3) is 0.125. The SMILES string of the molecule is NCC(=O)OC(C(=O)c1ccccc1)c1ccccc1. The number of rotatable bonds is 5. The number of benzene rings is 2. The zero-order valence-electron chi connectivity index (χ0n) is 10.9. The van der Waals surface area contributed by atoms with Crippen LogP contribution in [0.3, 0.4) is 0 Å². The van der Waals surface area contributed by atoms with Crippen LogP contribution in [0.2, 0.25) is 0 Å². The highest BCUT2D eigenvalue weighted by molar-refractivity contribution is 6.01. The molecule has 0 saturated heterocycles. The van der Waals surface area contributed by atoms with E-state index >= 15 is 0 Å². The third-order valence-electron chi connectivity index (χ3n) is 2.81. The van der Waals surface area contributed by atoms with Gasteiger partial charge >= 0.3 is 5.97 Å². The molecule has 0 aromatic heterocycles. The van der Waals surface area contributed by atoms with Crippen molar-refractivity contribution >= 4 is 11.8 Å². The minimum atomic E-state index is -0.963. The molecule has 0 aliphatic rings. The van der Waals surface area contributed by atoms with E-state index in [4.69, 9.17) is 10.5 Å². The number of hydrogen-bond donors (Lipinski definition) is 1. The lowest BCUT2D eigenvalue weighted by Gasteiger charge is -2.17. The topological polar surface area (TPSA) is 69.4 Å². The molecule has 0 radical (unpaired) electrons. The van der Waals surface area contributed by atoms with Crippen LogP contribution in [0.15, 0.2) is 60.7 Å². The number of carbonyl (C=O) groups is 2. The lowest BCUT2D eigenvalue weighted by atomic mass is 10.00. The molecule has 0 aliphatic carbocycles. The van der Waals surface area contributed by atoms with Crippen LogP contribution in [0.5, 0.6) is 0 Å². The first-order valence-electron chi connectivity index (χ1n) is 6.26. The second kappa shape index (κ2) is 6.63. The molecule has 1 atom stereocenters. The third-order valence-corrected chi connectivity index (χ3v) is 2.81. The Bertz CT molecular complexity index is 581. The molecule has 0 aliphatic heterocycles. The van der Waals surface area contributed by atoms with Gasteiger partial charge in [-0.2, -0.15) is 0 Å². The Morgan fingerprint density at radius 1 is 0.950 bits per heavy atom. The van der Waals surface area contributed by atoms with E-state index in [-0.39, 0.29) is 12.3 Å². The fourth-order valence-electron chi connectivity index (χ4n) is 1.83. The van der Waals surface area contributed by atoms with Gasteiger partial charge in [-0.25, -0.2) is 0 Å². The summed E-state index contributed by atoms with van der Waals surface area (Å²) in [4.78, 5) is 23.9. The Morgan fingerprint density at radius 3 is 2.05 bits per heavy atom. The maximum atomic E-state index is 12.5. The van der Waals surface area contributed by atoms with Crippen molar-refractivity contribution in [3.8, 4) is 0 Å². The molecule has 1 unspecified atom stereocenters. The van der Waals surface area contributed by atoms with Crippen LogP contribution in [0.25, 0.3) is 0 Å². The molecule has 0 heterocycles. The highest BCUT2D eigenvalue weighted by Crippen LogP contribution is 2.22. The monoisotopic (exact) mass is 269 g/mol. The molecule has 2 aromatic carbocycles. The molecule has 0 amide bonds. The van der Waals surface area contributed by atoms with Gasteiger partial charge in [-0.05, 0) is 0 Å². The number of hydrogen-bond acceptors (Lipinski definition) is 4. The quantitative estimate of drug-likeness (QED) is 0.666. The Hall–Kier alpha value is -2.46. The summed E-state index contributed by atoms with van der Waals surface area (Å²) in [6, 6.07) is 17.6. The van der Waals surface area contributed by atoms with Crippen LogP contribution in [0.1, 0.15) is 22.0 Å². The number of esters is 1. The number of ketones is 1. The molecule has 2 N–H and O–H groups in total. The Kier molecular flexibility index (Phi) is 4.63. The summed E-state index contributed by atoms with van der Waals surface area (Å²) in [5.74, 6) is -0.873. The maximum absolute atomic E-state index is 12.5. The Balaban J connectivity index is 2.32. The van der Waals surface area contributed by atoms with Gasteiger partial charge in [-0.3, -0.25) is 9.59 Å². The molecule has 4 heteroatoms. The molecule has 2 rings (SSSR count). The number of carbonyl (C=O) groups excluding carboxylic acids is 2. The maximum Gasteiger partial charge on any atom is 0.320 e. The van der Waals surface area contributed by atoms with Gasteiger partial charge in [0.15, 0.2) is 6.10 Å². The van der Waals surface area contributed by atoms with Crippen molar-refractivity contribution in [1.82, 2.24) is 0 Å². The van der Waals surface area contributed by atoms with Gasteiger partial charge in [0.25, 0.3) is 0 Å². The third kappa shape index (κ3) is 3.30. The Morgan fingerprint density at radius 2 is 1.50 bits per heavy atom. The summed E-state index contributed by atoms with van der Waals surface area (Å²) in [5, 5.41) is 0. The number of Topliss-reactive ketones (excluding diaryl/α,β-unsaturated/α-hetero) is 1. The molecule has 0 bridgehead atoms. The van der Waals surface area contributed by atoms with E-state index in [1.54, 1.807) is 48.5 Å². The molecule has 0 fully saturated rings. The van der Waals surface area contributed by atoms with Gasteiger partial charge in [0.1, 0.15) is 0 Å². The van der Waals surface area contributed by atoms with Gasteiger partial charge in [0.05, 0.1) is 6.54 Å². The highest BCUT2D eigenvalue weighted by Gasteiger charge is 2.25. The van der Waals surface area contributed by atoms with Crippen molar-refractivity contribution in [1.29, 1.82) is 0 Å². The van der Waals surface area contributed by atoms with Crippen molar-refractivity contribution in [2.24, 2.45) is 5.73 Å². The van der Waals surface area contributed by atoms with Crippen LogP contribution in [0, 0.1) is 0 Å². The molecule has 20 heavy (non-hydrogen) atoms. The standard InChI is InChI=1S/C16H15NO3/c17-11-14(18)20-16(13-9-5-2-6-10-13)15(19)12-7-3-1-4-8-12/h1-10,16H,11,17H2. The van der Waals surface area contributed by atoms with Gasteiger partial charge < -0.3 is 10.5 Å². The van der Waals surface area contributed by atoms with Crippen LogP contribution >= 0.6 is 0 Å². The molecule has 0 spiro atoms. The summed E-state index contributed by atoms with van der Waals surface area (Å²) in [7, 11) is 0. The first-order chi connectivity index (χ1) is 9.72. The molecular formula is C16H15NO3. The van der Waals surface area contributed by atoms with E-state index in [9.17, 15) is 9.59 Å². The van der Waals surface area contributed by atoms with Crippen LogP contribution in [-0.2, 0) is 9.53 Å². The fourth-order valence-corrected chi connectivity index (χ4v) is 1.83. The number of nitrogens with two attached hydrogens (primary N) is 1. The number of ether oxygens (including phenoxy) is 1. The van der Waals surface area contributed by atoms with Crippen molar-refractivity contribution < 1.29 is 14.3 Å². The molecule has 2 aromatic rings. The van der Waals surface area contributed by atoms with E-state index in [0.29, 0.717) is 11.1 Å². The van der Waals surface area contributed by atoms with Crippen molar-refractivity contribution in [3.63, 3.8) is 0 Å². The normalized spacial score (nSPS) is 11.7. The van der Waals surface area contributed by atoms with E-state index in [1.165, 1.54) is 0 Å². The minimum absolute atomic E-state index is 0.259. The average Bonchev–Trinajstić information content (AvgIpc) is 2.53. The summed E-state index contributed by atoms with van der Waals surface area (Å²) >= 11 is 0. The summed E-state index contributed by atoms with van der Waals surface area (Å²) in [6.45, 7) is -0.259. The molecule has 0 saturated carbocycles. The first-order valence-corrected chi connectivity index (χ1v) is 6.26. The second-order valence-corrected chi connectivity index (χ2v) is 4.21. The van der Waals surface area contributed by atoms with E-state index < -0.39 is 12.1 Å². The van der Waals surface area contributed by atoms with Gasteiger partial charge in [-0.15, -0.1) is 0 Å². The smallest absolute Gasteiger partial charge is 0.320 e. The molecule has 102 valence electrons. The van der Waals surface area contributed by atoms with E-state index in [2.05, 4.69) is 0 Å². The van der Waals surface area contributed by atoms with E-state index in [1.807, 2.05) is 12.1 Å². The zero-order valence-corrected chi connectivity index (χ0v) is 10.9. The first kappa shape index (κ1) is 14.0. The lowest BCUT2D eigenvalue weighted by Crippen LogP contribution is -2.24. The van der Waals surface area contributed by atoms with Gasteiger partial charge in [-0.1, -0.05) is 60.7 Å². The average molecular weight is 269 g/mol. The van der Waals surface area contributed by atoms with Gasteiger partial charge in [0, 0.05) is 11.1 Å².